The number of aromatic nitrogens is 2. The summed E-state index contributed by atoms with van der Waals surface area (Å²) in [6.45, 7) is 0. The van der Waals surface area contributed by atoms with E-state index < -0.39 is 0 Å². The van der Waals surface area contributed by atoms with Gasteiger partial charge in [-0.25, -0.2) is 0 Å². The standard InChI is InChI=1S/C14H17N3O/c18-14(10-5-2-1-3-6-10)16-12-7-4-8-13-11(12)9-15-17-13/h4,7-10H,1-3,5-6H2,(H,15,17)(H,16,18). The third-order valence-corrected chi connectivity index (χ3v) is 3.72. The maximum absolute atomic E-state index is 12.2. The van der Waals surface area contributed by atoms with Crippen molar-refractivity contribution >= 4 is 22.5 Å². The predicted octanol–water partition coefficient (Wildman–Crippen LogP) is 3.08. The van der Waals surface area contributed by atoms with Gasteiger partial charge in [-0.1, -0.05) is 25.3 Å². The summed E-state index contributed by atoms with van der Waals surface area (Å²) in [5.74, 6) is 0.337. The first kappa shape index (κ1) is 11.3. The molecule has 1 fully saturated rings. The van der Waals surface area contributed by atoms with Crippen LogP contribution in [0.1, 0.15) is 32.1 Å². The topological polar surface area (TPSA) is 57.8 Å². The molecule has 1 saturated carbocycles. The molecule has 0 spiro atoms. The van der Waals surface area contributed by atoms with Crippen LogP contribution < -0.4 is 5.32 Å². The van der Waals surface area contributed by atoms with Gasteiger partial charge < -0.3 is 5.32 Å². The Labute approximate surface area is 106 Å². The summed E-state index contributed by atoms with van der Waals surface area (Å²) in [4.78, 5) is 12.2. The fraction of sp³-hybridized carbons (Fsp3) is 0.429. The number of anilines is 1. The zero-order valence-electron chi connectivity index (χ0n) is 10.3. The Kier molecular flexibility index (Phi) is 3.00. The van der Waals surface area contributed by atoms with Crippen molar-refractivity contribution < 1.29 is 4.79 Å². The van der Waals surface area contributed by atoms with E-state index in [0.717, 1.165) is 29.4 Å². The van der Waals surface area contributed by atoms with Crippen molar-refractivity contribution in [2.45, 2.75) is 32.1 Å². The van der Waals surface area contributed by atoms with Gasteiger partial charge in [0, 0.05) is 11.3 Å². The minimum atomic E-state index is 0.156. The third kappa shape index (κ3) is 2.10. The molecular weight excluding hydrogens is 226 g/mol. The average molecular weight is 243 g/mol. The maximum Gasteiger partial charge on any atom is 0.227 e. The van der Waals surface area contributed by atoms with Gasteiger partial charge in [-0.3, -0.25) is 9.89 Å². The van der Waals surface area contributed by atoms with Crippen LogP contribution >= 0.6 is 0 Å². The molecule has 0 unspecified atom stereocenters. The van der Waals surface area contributed by atoms with Gasteiger partial charge in [0.15, 0.2) is 0 Å². The molecule has 1 aliphatic rings. The molecule has 3 rings (SSSR count). The number of carbonyl (C=O) groups is 1. The summed E-state index contributed by atoms with van der Waals surface area (Å²) in [5.41, 5.74) is 1.81. The normalized spacial score (nSPS) is 16.9. The summed E-state index contributed by atoms with van der Waals surface area (Å²) in [6.07, 6.45) is 7.41. The van der Waals surface area contributed by atoms with E-state index in [4.69, 9.17) is 0 Å². The molecule has 1 amide bonds. The van der Waals surface area contributed by atoms with Crippen LogP contribution in [0.4, 0.5) is 5.69 Å². The van der Waals surface area contributed by atoms with E-state index in [9.17, 15) is 4.79 Å². The van der Waals surface area contributed by atoms with Crippen molar-refractivity contribution in [3.8, 4) is 0 Å². The first-order valence-electron chi connectivity index (χ1n) is 6.57. The van der Waals surface area contributed by atoms with E-state index in [-0.39, 0.29) is 11.8 Å². The van der Waals surface area contributed by atoms with Crippen molar-refractivity contribution in [2.24, 2.45) is 5.92 Å². The SMILES string of the molecule is O=C(Nc1cccc2[nH]ncc12)C1CCCCC1. The van der Waals surface area contributed by atoms with Crippen LogP contribution in [0.15, 0.2) is 24.4 Å². The van der Waals surface area contributed by atoms with Crippen molar-refractivity contribution in [3.63, 3.8) is 0 Å². The van der Waals surface area contributed by atoms with E-state index in [1.54, 1.807) is 6.20 Å². The highest BCUT2D eigenvalue weighted by Crippen LogP contribution is 2.27. The quantitative estimate of drug-likeness (QED) is 0.851. The fourth-order valence-electron chi connectivity index (χ4n) is 2.68. The van der Waals surface area contributed by atoms with Crippen LogP contribution in [0, 0.1) is 5.92 Å². The molecule has 94 valence electrons. The Hall–Kier alpha value is -1.84. The average Bonchev–Trinajstić information content (AvgIpc) is 2.89. The zero-order valence-corrected chi connectivity index (χ0v) is 10.3. The lowest BCUT2D eigenvalue weighted by atomic mass is 9.88. The van der Waals surface area contributed by atoms with Crippen LogP contribution in [-0.2, 0) is 4.79 Å². The van der Waals surface area contributed by atoms with Crippen LogP contribution in [0.25, 0.3) is 10.9 Å². The number of rotatable bonds is 2. The Morgan fingerprint density at radius 2 is 2.11 bits per heavy atom. The molecule has 2 N–H and O–H groups in total. The summed E-state index contributed by atoms with van der Waals surface area (Å²) in [5, 5.41) is 10.9. The van der Waals surface area contributed by atoms with Gasteiger partial charge in [0.2, 0.25) is 5.91 Å². The van der Waals surface area contributed by atoms with E-state index in [0.29, 0.717) is 0 Å². The lowest BCUT2D eigenvalue weighted by Gasteiger charge is -2.20. The van der Waals surface area contributed by atoms with Gasteiger partial charge in [-0.05, 0) is 25.0 Å². The van der Waals surface area contributed by atoms with Crippen molar-refractivity contribution in [1.82, 2.24) is 10.2 Å². The molecular formula is C14H17N3O. The van der Waals surface area contributed by atoms with Gasteiger partial charge in [0.05, 0.1) is 17.4 Å². The molecule has 18 heavy (non-hydrogen) atoms. The largest absolute Gasteiger partial charge is 0.325 e. The van der Waals surface area contributed by atoms with Gasteiger partial charge in [0.1, 0.15) is 0 Å². The zero-order chi connectivity index (χ0) is 12.4. The van der Waals surface area contributed by atoms with Crippen LogP contribution in [0.2, 0.25) is 0 Å². The molecule has 0 aliphatic heterocycles. The van der Waals surface area contributed by atoms with E-state index in [2.05, 4.69) is 15.5 Å². The second-order valence-electron chi connectivity index (χ2n) is 4.96. The number of carbonyl (C=O) groups excluding carboxylic acids is 1. The number of benzene rings is 1. The Balaban J connectivity index is 1.79. The molecule has 1 aromatic heterocycles. The number of H-pyrrole nitrogens is 1. The second-order valence-corrected chi connectivity index (χ2v) is 4.96. The molecule has 1 aliphatic carbocycles. The number of fused-ring (bicyclic) bond motifs is 1. The minimum Gasteiger partial charge on any atom is -0.325 e. The first-order chi connectivity index (χ1) is 8.84. The van der Waals surface area contributed by atoms with E-state index in [1.807, 2.05) is 18.2 Å². The number of hydrogen-bond donors (Lipinski definition) is 2. The first-order valence-corrected chi connectivity index (χ1v) is 6.57. The Morgan fingerprint density at radius 3 is 2.94 bits per heavy atom. The smallest absolute Gasteiger partial charge is 0.227 e. The van der Waals surface area contributed by atoms with E-state index >= 15 is 0 Å². The molecule has 4 nitrogen and oxygen atoms in total. The lowest BCUT2D eigenvalue weighted by molar-refractivity contribution is -0.120. The van der Waals surface area contributed by atoms with Crippen molar-refractivity contribution in [2.75, 3.05) is 5.32 Å². The minimum absolute atomic E-state index is 0.156. The lowest BCUT2D eigenvalue weighted by Crippen LogP contribution is -2.24. The molecule has 1 aromatic carbocycles. The summed E-state index contributed by atoms with van der Waals surface area (Å²) >= 11 is 0. The number of aromatic amines is 1. The van der Waals surface area contributed by atoms with Crippen LogP contribution in [0.5, 0.6) is 0 Å². The number of nitrogens with zero attached hydrogens (tertiary/aromatic N) is 1. The summed E-state index contributed by atoms with van der Waals surface area (Å²) in [7, 11) is 0. The summed E-state index contributed by atoms with van der Waals surface area (Å²) in [6, 6.07) is 5.81. The second kappa shape index (κ2) is 4.80. The van der Waals surface area contributed by atoms with Crippen LogP contribution in [-0.4, -0.2) is 16.1 Å². The Bertz CT molecular complexity index is 555. The van der Waals surface area contributed by atoms with Crippen molar-refractivity contribution in [3.05, 3.63) is 24.4 Å². The van der Waals surface area contributed by atoms with Gasteiger partial charge in [-0.15, -0.1) is 0 Å². The molecule has 0 bridgehead atoms. The monoisotopic (exact) mass is 243 g/mol. The third-order valence-electron chi connectivity index (χ3n) is 3.72. The fourth-order valence-corrected chi connectivity index (χ4v) is 2.68. The molecule has 0 atom stereocenters. The van der Waals surface area contributed by atoms with Crippen LogP contribution in [0.3, 0.4) is 0 Å². The highest BCUT2D eigenvalue weighted by atomic mass is 16.1. The molecule has 4 heteroatoms. The van der Waals surface area contributed by atoms with Gasteiger partial charge in [0.25, 0.3) is 0 Å². The number of hydrogen-bond acceptors (Lipinski definition) is 2. The molecule has 1 heterocycles. The van der Waals surface area contributed by atoms with Gasteiger partial charge in [-0.2, -0.15) is 5.10 Å². The molecule has 0 radical (unpaired) electrons. The highest BCUT2D eigenvalue weighted by molar-refractivity contribution is 6.01. The predicted molar refractivity (Wildman–Crippen MR) is 71.3 cm³/mol. The van der Waals surface area contributed by atoms with E-state index in [1.165, 1.54) is 19.3 Å². The Morgan fingerprint density at radius 1 is 1.28 bits per heavy atom. The van der Waals surface area contributed by atoms with Crippen molar-refractivity contribution in [1.29, 1.82) is 0 Å². The molecule has 2 aromatic rings. The number of nitrogens with one attached hydrogen (secondary N) is 2. The highest BCUT2D eigenvalue weighted by Gasteiger charge is 2.21. The van der Waals surface area contributed by atoms with Gasteiger partial charge >= 0.3 is 0 Å². The number of amides is 1. The maximum atomic E-state index is 12.2. The summed E-state index contributed by atoms with van der Waals surface area (Å²) < 4.78 is 0. The molecule has 0 saturated heterocycles.